The molecule has 0 aliphatic rings. The van der Waals surface area contributed by atoms with Gasteiger partial charge < -0.3 is 5.32 Å². The predicted molar refractivity (Wildman–Crippen MR) is 110 cm³/mol. The Kier molecular flexibility index (Phi) is 7.00. The Morgan fingerprint density at radius 2 is 1.83 bits per heavy atom. The predicted octanol–water partition coefficient (Wildman–Crippen LogP) is 2.51. The van der Waals surface area contributed by atoms with Gasteiger partial charge in [-0.25, -0.2) is 18.1 Å². The van der Waals surface area contributed by atoms with Crippen LogP contribution in [0.5, 0.6) is 0 Å². The minimum absolute atomic E-state index is 0.0915. The van der Waals surface area contributed by atoms with Crippen molar-refractivity contribution in [1.82, 2.24) is 9.71 Å². The van der Waals surface area contributed by atoms with Gasteiger partial charge in [-0.1, -0.05) is 11.8 Å². The van der Waals surface area contributed by atoms with Gasteiger partial charge in [0, 0.05) is 18.3 Å². The molecule has 8 nitrogen and oxygen atoms in total. The highest BCUT2D eigenvalue weighted by Crippen LogP contribution is 2.28. The van der Waals surface area contributed by atoms with Crippen molar-refractivity contribution in [3.05, 3.63) is 47.2 Å². The monoisotopic (exact) mass is 432 g/mol. The minimum atomic E-state index is -3.93. The molecule has 0 bridgehead atoms. The van der Waals surface area contributed by atoms with E-state index in [1.807, 2.05) is 24.6 Å². The van der Waals surface area contributed by atoms with Crippen LogP contribution in [0.4, 0.5) is 5.69 Å². The molecule has 1 heterocycles. The third-order valence-corrected chi connectivity index (χ3v) is 6.33. The van der Waals surface area contributed by atoms with Crippen LogP contribution in [0.1, 0.15) is 30.7 Å². The van der Waals surface area contributed by atoms with Gasteiger partial charge in [-0.05, 0) is 56.7 Å². The number of hydrogen-bond donors (Lipinski definition) is 2. The lowest BCUT2D eigenvalue weighted by Gasteiger charge is -2.14. The molecule has 2 amide bonds. The van der Waals surface area contributed by atoms with E-state index >= 15 is 0 Å². The summed E-state index contributed by atoms with van der Waals surface area (Å²) >= 11 is 1.18. The van der Waals surface area contributed by atoms with Crippen LogP contribution in [0, 0.1) is 25.2 Å². The van der Waals surface area contributed by atoms with Gasteiger partial charge in [0.25, 0.3) is 10.0 Å². The van der Waals surface area contributed by atoms with Gasteiger partial charge in [0.2, 0.25) is 11.8 Å². The quantitative estimate of drug-likeness (QED) is 0.671. The second-order valence-corrected chi connectivity index (χ2v) is 9.32. The van der Waals surface area contributed by atoms with E-state index in [2.05, 4.69) is 16.4 Å². The Labute approximate surface area is 173 Å². The number of nitrogens with one attached hydrogen (secondary N) is 2. The lowest BCUT2D eigenvalue weighted by atomic mass is 10.1. The summed E-state index contributed by atoms with van der Waals surface area (Å²) in [5.74, 6) is -1.01. The zero-order valence-electron chi connectivity index (χ0n) is 16.3. The van der Waals surface area contributed by atoms with Crippen LogP contribution in [0.15, 0.2) is 40.3 Å². The number of aromatic nitrogens is 1. The molecule has 0 fully saturated rings. The van der Waals surface area contributed by atoms with E-state index in [1.165, 1.54) is 36.0 Å². The van der Waals surface area contributed by atoms with Crippen molar-refractivity contribution >= 4 is 39.3 Å². The average Bonchev–Trinajstić information content (AvgIpc) is 2.60. The molecular formula is C19H20N4O4S2. The third kappa shape index (κ3) is 5.79. The first-order valence-electron chi connectivity index (χ1n) is 8.53. The number of benzene rings is 1. The number of amides is 2. The number of carbonyl (C=O) groups excluding carboxylic acids is 2. The number of nitrogens with zero attached hydrogens (tertiary/aromatic N) is 2. The zero-order chi connectivity index (χ0) is 21.8. The molecule has 10 heteroatoms. The maximum atomic E-state index is 12.5. The molecule has 0 saturated heterocycles. The van der Waals surface area contributed by atoms with Crippen LogP contribution in [0.25, 0.3) is 0 Å². The Hall–Kier alpha value is -2.90. The van der Waals surface area contributed by atoms with Gasteiger partial charge in [0.05, 0.1) is 15.7 Å². The van der Waals surface area contributed by atoms with Crippen LogP contribution in [0.2, 0.25) is 0 Å². The third-order valence-electron chi connectivity index (χ3n) is 3.79. The maximum absolute atomic E-state index is 12.5. The van der Waals surface area contributed by atoms with Gasteiger partial charge in [-0.15, -0.1) is 0 Å². The first-order chi connectivity index (χ1) is 13.5. The fraction of sp³-hybridized carbons (Fsp3) is 0.263. The van der Waals surface area contributed by atoms with Crippen molar-refractivity contribution in [1.29, 1.82) is 5.26 Å². The molecular weight excluding hydrogens is 412 g/mol. The molecule has 2 aromatic rings. The molecule has 29 heavy (non-hydrogen) atoms. The fourth-order valence-corrected chi connectivity index (χ4v) is 4.47. The van der Waals surface area contributed by atoms with Crippen molar-refractivity contribution in [2.75, 3.05) is 5.32 Å². The first-order valence-corrected chi connectivity index (χ1v) is 10.9. The Bertz CT molecular complexity index is 1090. The Morgan fingerprint density at radius 1 is 1.21 bits per heavy atom. The second-order valence-electron chi connectivity index (χ2n) is 6.31. The fourth-order valence-electron chi connectivity index (χ4n) is 2.45. The van der Waals surface area contributed by atoms with E-state index in [9.17, 15) is 23.3 Å². The van der Waals surface area contributed by atoms with Gasteiger partial charge >= 0.3 is 0 Å². The molecule has 152 valence electrons. The lowest BCUT2D eigenvalue weighted by Crippen LogP contribution is -2.28. The summed E-state index contributed by atoms with van der Waals surface area (Å²) in [5, 5.41) is 12.0. The molecule has 0 saturated carbocycles. The lowest BCUT2D eigenvalue weighted by molar-refractivity contribution is -0.117. The summed E-state index contributed by atoms with van der Waals surface area (Å²) in [5.41, 5.74) is 2.39. The van der Waals surface area contributed by atoms with Crippen molar-refractivity contribution < 1.29 is 18.0 Å². The van der Waals surface area contributed by atoms with Crippen LogP contribution < -0.4 is 10.0 Å². The van der Waals surface area contributed by atoms with Gasteiger partial charge in [0.1, 0.15) is 11.1 Å². The van der Waals surface area contributed by atoms with Gasteiger partial charge in [-0.2, -0.15) is 5.26 Å². The summed E-state index contributed by atoms with van der Waals surface area (Å²) < 4.78 is 25.8. The van der Waals surface area contributed by atoms with Crippen LogP contribution >= 0.6 is 11.8 Å². The highest BCUT2D eigenvalue weighted by Gasteiger charge is 2.20. The number of carbonyl (C=O) groups is 2. The summed E-state index contributed by atoms with van der Waals surface area (Å²) in [6.07, 6.45) is 0. The molecule has 2 rings (SSSR count). The van der Waals surface area contributed by atoms with E-state index in [-0.39, 0.29) is 10.8 Å². The van der Waals surface area contributed by atoms with E-state index in [0.29, 0.717) is 16.3 Å². The number of sulfonamides is 1. The van der Waals surface area contributed by atoms with E-state index in [0.717, 1.165) is 18.2 Å². The number of nitriles is 1. The van der Waals surface area contributed by atoms with E-state index in [1.54, 1.807) is 6.92 Å². The smallest absolute Gasteiger partial charge is 0.264 e. The highest BCUT2D eigenvalue weighted by molar-refractivity contribution is 8.00. The molecule has 0 aliphatic carbocycles. The standard InChI is InChI=1S/C19H20N4O4S2/c1-11-9-12(2)21-19(17(11)10-20)28-13(3)18(25)22-15-5-7-16(8-6-15)29(26,27)23-14(4)24/h5-9,13H,1-4H3,(H,22,25)(H,23,24). The Balaban J connectivity index is 2.11. The van der Waals surface area contributed by atoms with Crippen LogP contribution in [-0.2, 0) is 19.6 Å². The normalized spacial score (nSPS) is 12.0. The average molecular weight is 433 g/mol. The van der Waals surface area contributed by atoms with E-state index in [4.69, 9.17) is 0 Å². The molecule has 0 aliphatic heterocycles. The van der Waals surface area contributed by atoms with Crippen molar-refractivity contribution in [3.63, 3.8) is 0 Å². The van der Waals surface area contributed by atoms with Gasteiger partial charge in [0.15, 0.2) is 0 Å². The molecule has 0 spiro atoms. The first kappa shape index (κ1) is 22.4. The molecule has 1 aromatic heterocycles. The number of anilines is 1. The summed E-state index contributed by atoms with van der Waals surface area (Å²) in [6, 6.07) is 9.37. The SMILES string of the molecule is CC(=O)NS(=O)(=O)c1ccc(NC(=O)C(C)Sc2nc(C)cc(C)c2C#N)cc1. The molecule has 1 aromatic carbocycles. The van der Waals surface area contributed by atoms with Crippen molar-refractivity contribution in [2.24, 2.45) is 0 Å². The molecule has 0 radical (unpaired) electrons. The van der Waals surface area contributed by atoms with Crippen LogP contribution in [0.3, 0.4) is 0 Å². The number of pyridine rings is 1. The topological polar surface area (TPSA) is 129 Å². The van der Waals surface area contributed by atoms with Crippen molar-refractivity contribution in [2.45, 2.75) is 42.9 Å². The zero-order valence-corrected chi connectivity index (χ0v) is 17.9. The largest absolute Gasteiger partial charge is 0.325 e. The summed E-state index contributed by atoms with van der Waals surface area (Å²) in [6.45, 7) is 6.43. The van der Waals surface area contributed by atoms with Crippen LogP contribution in [-0.4, -0.2) is 30.5 Å². The summed E-state index contributed by atoms with van der Waals surface area (Å²) in [7, 11) is -3.93. The Morgan fingerprint density at radius 3 is 2.38 bits per heavy atom. The molecule has 1 atom stereocenters. The number of aryl methyl sites for hydroxylation is 2. The number of hydrogen-bond acceptors (Lipinski definition) is 7. The second kappa shape index (κ2) is 9.07. The number of thioether (sulfide) groups is 1. The number of rotatable bonds is 6. The maximum Gasteiger partial charge on any atom is 0.264 e. The minimum Gasteiger partial charge on any atom is -0.325 e. The highest BCUT2D eigenvalue weighted by atomic mass is 32.2. The molecule has 2 N–H and O–H groups in total. The summed E-state index contributed by atoms with van der Waals surface area (Å²) in [4.78, 5) is 27.7. The van der Waals surface area contributed by atoms with Crippen molar-refractivity contribution in [3.8, 4) is 6.07 Å². The molecule has 1 unspecified atom stereocenters. The van der Waals surface area contributed by atoms with Gasteiger partial charge in [-0.3, -0.25) is 9.59 Å². The van der Waals surface area contributed by atoms with E-state index < -0.39 is 21.2 Å².